The summed E-state index contributed by atoms with van der Waals surface area (Å²) in [5, 5.41) is 4.16. The SMILES string of the molecule is CCOC(=O)c1c(NC(=O)c2ccc(N(C)C)cc2)sc2ccccc12. The fourth-order valence-electron chi connectivity index (χ4n) is 2.63. The van der Waals surface area contributed by atoms with Gasteiger partial charge in [-0.1, -0.05) is 18.2 Å². The van der Waals surface area contributed by atoms with Gasteiger partial charge in [-0.3, -0.25) is 4.79 Å². The van der Waals surface area contributed by atoms with Crippen LogP contribution in [0.3, 0.4) is 0 Å². The number of ether oxygens (including phenoxy) is 1. The Morgan fingerprint density at radius 2 is 1.77 bits per heavy atom. The summed E-state index contributed by atoms with van der Waals surface area (Å²) in [6.07, 6.45) is 0. The van der Waals surface area contributed by atoms with E-state index in [1.807, 2.05) is 55.4 Å². The van der Waals surface area contributed by atoms with Gasteiger partial charge >= 0.3 is 5.97 Å². The first-order valence-corrected chi connectivity index (χ1v) is 9.10. The fourth-order valence-corrected chi connectivity index (χ4v) is 3.71. The molecule has 0 atom stereocenters. The van der Waals surface area contributed by atoms with E-state index in [2.05, 4.69) is 5.32 Å². The van der Waals surface area contributed by atoms with Gasteiger partial charge in [0.05, 0.1) is 6.61 Å². The number of nitrogens with one attached hydrogen (secondary N) is 1. The van der Waals surface area contributed by atoms with Crippen LogP contribution in [0.1, 0.15) is 27.6 Å². The van der Waals surface area contributed by atoms with Crippen molar-refractivity contribution in [2.45, 2.75) is 6.92 Å². The number of nitrogens with zero attached hydrogens (tertiary/aromatic N) is 1. The monoisotopic (exact) mass is 368 g/mol. The topological polar surface area (TPSA) is 58.6 Å². The van der Waals surface area contributed by atoms with E-state index < -0.39 is 5.97 Å². The van der Waals surface area contributed by atoms with E-state index >= 15 is 0 Å². The molecule has 0 aliphatic carbocycles. The lowest BCUT2D eigenvalue weighted by Gasteiger charge is -2.12. The molecule has 1 heterocycles. The van der Waals surface area contributed by atoms with Crippen molar-refractivity contribution in [3.05, 3.63) is 59.7 Å². The van der Waals surface area contributed by atoms with Crippen LogP contribution < -0.4 is 10.2 Å². The van der Waals surface area contributed by atoms with Crippen LogP contribution in [0, 0.1) is 0 Å². The minimum absolute atomic E-state index is 0.257. The van der Waals surface area contributed by atoms with Gasteiger partial charge in [-0.2, -0.15) is 0 Å². The minimum atomic E-state index is -0.428. The maximum absolute atomic E-state index is 12.6. The molecule has 5 nitrogen and oxygen atoms in total. The highest BCUT2D eigenvalue weighted by Crippen LogP contribution is 2.36. The molecule has 0 bridgehead atoms. The number of hydrogen-bond acceptors (Lipinski definition) is 5. The normalized spacial score (nSPS) is 10.6. The quantitative estimate of drug-likeness (QED) is 0.678. The first-order chi connectivity index (χ1) is 12.5. The summed E-state index contributed by atoms with van der Waals surface area (Å²) in [5.41, 5.74) is 1.95. The number of fused-ring (bicyclic) bond motifs is 1. The van der Waals surface area contributed by atoms with Gasteiger partial charge < -0.3 is 15.0 Å². The van der Waals surface area contributed by atoms with Crippen LogP contribution in [0.4, 0.5) is 10.7 Å². The van der Waals surface area contributed by atoms with Crippen LogP contribution in [-0.4, -0.2) is 32.6 Å². The van der Waals surface area contributed by atoms with E-state index in [-0.39, 0.29) is 12.5 Å². The molecule has 26 heavy (non-hydrogen) atoms. The number of amides is 1. The molecule has 0 spiro atoms. The molecule has 0 aliphatic rings. The number of carbonyl (C=O) groups is 2. The van der Waals surface area contributed by atoms with Gasteiger partial charge in [0.15, 0.2) is 0 Å². The number of rotatable bonds is 5. The zero-order valence-electron chi connectivity index (χ0n) is 14.9. The minimum Gasteiger partial charge on any atom is -0.462 e. The van der Waals surface area contributed by atoms with Crippen molar-refractivity contribution in [2.75, 3.05) is 30.9 Å². The highest BCUT2D eigenvalue weighted by atomic mass is 32.1. The summed E-state index contributed by atoms with van der Waals surface area (Å²) in [6.45, 7) is 2.04. The lowest BCUT2D eigenvalue weighted by molar-refractivity contribution is 0.0530. The van der Waals surface area contributed by atoms with Gasteiger partial charge in [0, 0.05) is 35.4 Å². The molecule has 0 fully saturated rings. The van der Waals surface area contributed by atoms with Crippen molar-refractivity contribution < 1.29 is 14.3 Å². The standard InChI is InChI=1S/C20H20N2O3S/c1-4-25-20(24)17-15-7-5-6-8-16(15)26-19(17)21-18(23)13-9-11-14(12-10-13)22(2)3/h5-12H,4H2,1-3H3,(H,21,23). The lowest BCUT2D eigenvalue weighted by atomic mass is 10.1. The van der Waals surface area contributed by atoms with Gasteiger partial charge in [0.1, 0.15) is 10.6 Å². The molecule has 1 amide bonds. The summed E-state index contributed by atoms with van der Waals surface area (Å²) in [6, 6.07) is 14.8. The second kappa shape index (κ2) is 7.58. The van der Waals surface area contributed by atoms with Crippen LogP contribution in [0.15, 0.2) is 48.5 Å². The Morgan fingerprint density at radius 3 is 2.42 bits per heavy atom. The molecule has 6 heteroatoms. The molecular formula is C20H20N2O3S. The number of benzene rings is 2. The summed E-state index contributed by atoms with van der Waals surface area (Å²) >= 11 is 1.37. The smallest absolute Gasteiger partial charge is 0.341 e. The van der Waals surface area contributed by atoms with E-state index in [1.165, 1.54) is 11.3 Å². The molecule has 0 aliphatic heterocycles. The van der Waals surface area contributed by atoms with Crippen molar-refractivity contribution >= 4 is 44.0 Å². The van der Waals surface area contributed by atoms with Crippen LogP contribution in [0.25, 0.3) is 10.1 Å². The second-order valence-corrected chi connectivity index (χ2v) is 6.97. The summed E-state index contributed by atoms with van der Waals surface area (Å²) < 4.78 is 6.10. The van der Waals surface area contributed by atoms with Gasteiger partial charge in [-0.25, -0.2) is 4.79 Å². The number of esters is 1. The highest BCUT2D eigenvalue weighted by molar-refractivity contribution is 7.23. The van der Waals surface area contributed by atoms with Crippen molar-refractivity contribution in [1.29, 1.82) is 0 Å². The summed E-state index contributed by atoms with van der Waals surface area (Å²) in [7, 11) is 3.88. The third-order valence-corrected chi connectivity index (χ3v) is 5.03. The fraction of sp³-hybridized carbons (Fsp3) is 0.200. The number of carbonyl (C=O) groups excluding carboxylic acids is 2. The average molecular weight is 368 g/mol. The van der Waals surface area contributed by atoms with Gasteiger partial charge in [0.25, 0.3) is 5.91 Å². The Labute approximate surface area is 156 Å². The predicted molar refractivity (Wildman–Crippen MR) is 107 cm³/mol. The van der Waals surface area contributed by atoms with Crippen LogP contribution in [-0.2, 0) is 4.74 Å². The third kappa shape index (κ3) is 3.55. The van der Waals surface area contributed by atoms with Gasteiger partial charge in [0.2, 0.25) is 0 Å². The Balaban J connectivity index is 1.93. The van der Waals surface area contributed by atoms with Crippen LogP contribution in [0.2, 0.25) is 0 Å². The lowest BCUT2D eigenvalue weighted by Crippen LogP contribution is -2.15. The maximum Gasteiger partial charge on any atom is 0.341 e. The molecule has 3 aromatic rings. The zero-order chi connectivity index (χ0) is 18.7. The molecule has 0 saturated carbocycles. The first kappa shape index (κ1) is 17.9. The van der Waals surface area contributed by atoms with E-state index in [4.69, 9.17) is 4.74 Å². The summed E-state index contributed by atoms with van der Waals surface area (Å²) in [4.78, 5) is 27.0. The number of hydrogen-bond donors (Lipinski definition) is 1. The Bertz CT molecular complexity index is 945. The van der Waals surface area contributed by atoms with E-state index in [9.17, 15) is 9.59 Å². The molecular weight excluding hydrogens is 348 g/mol. The van der Waals surface area contributed by atoms with Crippen molar-refractivity contribution in [2.24, 2.45) is 0 Å². The Morgan fingerprint density at radius 1 is 1.08 bits per heavy atom. The van der Waals surface area contributed by atoms with Gasteiger partial charge in [-0.05, 0) is 37.3 Å². The molecule has 1 N–H and O–H groups in total. The molecule has 0 unspecified atom stereocenters. The molecule has 2 aromatic carbocycles. The second-order valence-electron chi connectivity index (χ2n) is 5.92. The molecule has 0 saturated heterocycles. The van der Waals surface area contributed by atoms with Crippen LogP contribution >= 0.6 is 11.3 Å². The van der Waals surface area contributed by atoms with E-state index in [1.54, 1.807) is 19.1 Å². The Kier molecular flexibility index (Phi) is 5.23. The largest absolute Gasteiger partial charge is 0.462 e. The average Bonchev–Trinajstić information content (AvgIpc) is 2.99. The van der Waals surface area contributed by atoms with Crippen LogP contribution in [0.5, 0.6) is 0 Å². The Hall–Kier alpha value is -2.86. The molecule has 1 aromatic heterocycles. The van der Waals surface area contributed by atoms with E-state index in [0.717, 1.165) is 15.8 Å². The molecule has 0 radical (unpaired) electrons. The first-order valence-electron chi connectivity index (χ1n) is 8.28. The maximum atomic E-state index is 12.6. The predicted octanol–water partition coefficient (Wildman–Crippen LogP) is 4.40. The van der Waals surface area contributed by atoms with Crippen molar-refractivity contribution in [1.82, 2.24) is 0 Å². The molecule has 3 rings (SSSR count). The number of anilines is 2. The zero-order valence-corrected chi connectivity index (χ0v) is 15.7. The molecule has 134 valence electrons. The van der Waals surface area contributed by atoms with E-state index in [0.29, 0.717) is 16.1 Å². The third-order valence-electron chi connectivity index (χ3n) is 3.95. The van der Waals surface area contributed by atoms with Crippen molar-refractivity contribution in [3.8, 4) is 0 Å². The highest BCUT2D eigenvalue weighted by Gasteiger charge is 2.21. The van der Waals surface area contributed by atoms with Gasteiger partial charge in [-0.15, -0.1) is 11.3 Å². The number of thiophene rings is 1. The summed E-state index contributed by atoms with van der Waals surface area (Å²) in [5.74, 6) is -0.685. The van der Waals surface area contributed by atoms with Crippen molar-refractivity contribution in [3.63, 3.8) is 0 Å².